The lowest BCUT2D eigenvalue weighted by atomic mass is 10.2. The molecule has 1 saturated heterocycles. The quantitative estimate of drug-likeness (QED) is 0.617. The van der Waals surface area contributed by atoms with E-state index in [0.717, 1.165) is 35.6 Å². The van der Waals surface area contributed by atoms with Crippen LogP contribution in [-0.2, 0) is 10.0 Å². The highest BCUT2D eigenvalue weighted by molar-refractivity contribution is 7.92. The van der Waals surface area contributed by atoms with Crippen LogP contribution in [0.5, 0.6) is 0 Å². The molecule has 0 atom stereocenters. The predicted octanol–water partition coefficient (Wildman–Crippen LogP) is 4.24. The summed E-state index contributed by atoms with van der Waals surface area (Å²) in [5, 5.41) is 11.5. The van der Waals surface area contributed by atoms with E-state index in [0.29, 0.717) is 11.5 Å². The van der Waals surface area contributed by atoms with Gasteiger partial charge in [0.2, 0.25) is 0 Å². The summed E-state index contributed by atoms with van der Waals surface area (Å²) in [6.45, 7) is 5.82. The van der Waals surface area contributed by atoms with Crippen molar-refractivity contribution in [2.75, 3.05) is 28.0 Å². The summed E-state index contributed by atoms with van der Waals surface area (Å²) in [7, 11) is -3.65. The van der Waals surface area contributed by atoms with Gasteiger partial charge in [-0.3, -0.25) is 4.72 Å². The molecule has 0 unspecified atom stereocenters. The van der Waals surface area contributed by atoms with Crippen LogP contribution in [0.3, 0.4) is 0 Å². The molecule has 0 spiro atoms. The normalized spacial score (nSPS) is 14.0. The molecule has 8 heteroatoms. The second kappa shape index (κ2) is 8.31. The van der Waals surface area contributed by atoms with Crippen LogP contribution < -0.4 is 14.9 Å². The Morgan fingerprint density at radius 1 is 0.933 bits per heavy atom. The van der Waals surface area contributed by atoms with E-state index in [4.69, 9.17) is 0 Å². The summed E-state index contributed by atoms with van der Waals surface area (Å²) in [6, 6.07) is 14.3. The van der Waals surface area contributed by atoms with E-state index in [-0.39, 0.29) is 4.90 Å². The maximum atomic E-state index is 12.7. The number of aryl methyl sites for hydroxylation is 2. The Morgan fingerprint density at radius 3 is 2.33 bits per heavy atom. The van der Waals surface area contributed by atoms with Gasteiger partial charge in [0, 0.05) is 30.5 Å². The third kappa shape index (κ3) is 4.54. The highest BCUT2D eigenvalue weighted by Gasteiger charge is 2.17. The zero-order valence-electron chi connectivity index (χ0n) is 17.1. The molecule has 0 saturated carbocycles. The van der Waals surface area contributed by atoms with Crippen LogP contribution in [0.25, 0.3) is 0 Å². The molecular formula is C22H25N5O2S. The fourth-order valence-electron chi connectivity index (χ4n) is 3.65. The van der Waals surface area contributed by atoms with Crippen molar-refractivity contribution < 1.29 is 8.42 Å². The molecule has 2 heterocycles. The number of anilines is 4. The van der Waals surface area contributed by atoms with Crippen LogP contribution in [0.15, 0.2) is 59.6 Å². The molecule has 1 aliphatic rings. The second-order valence-corrected chi connectivity index (χ2v) is 9.22. The zero-order chi connectivity index (χ0) is 21.1. The van der Waals surface area contributed by atoms with Crippen LogP contribution in [0.2, 0.25) is 0 Å². The first-order valence-electron chi connectivity index (χ1n) is 9.95. The minimum Gasteiger partial charge on any atom is -0.370 e. The average molecular weight is 424 g/mol. The van der Waals surface area contributed by atoms with Crippen molar-refractivity contribution >= 4 is 32.9 Å². The SMILES string of the molecule is Cc1ccc(S(=O)(=O)Nc2ccc(Nc3cc(N4CCCC4)cnn3)cc2)c(C)c1. The Morgan fingerprint density at radius 2 is 1.63 bits per heavy atom. The molecular weight excluding hydrogens is 398 g/mol. The Bertz CT molecular complexity index is 1140. The first-order valence-corrected chi connectivity index (χ1v) is 11.4. The van der Waals surface area contributed by atoms with Crippen molar-refractivity contribution in [3.05, 3.63) is 65.9 Å². The van der Waals surface area contributed by atoms with Crippen LogP contribution in [-0.4, -0.2) is 31.7 Å². The van der Waals surface area contributed by atoms with E-state index in [9.17, 15) is 8.42 Å². The fraction of sp³-hybridized carbons (Fsp3) is 0.273. The third-order valence-electron chi connectivity index (χ3n) is 5.14. The van der Waals surface area contributed by atoms with Crippen molar-refractivity contribution in [1.82, 2.24) is 10.2 Å². The molecule has 1 fully saturated rings. The predicted molar refractivity (Wildman–Crippen MR) is 120 cm³/mol. The number of nitrogens with one attached hydrogen (secondary N) is 2. The van der Waals surface area contributed by atoms with Gasteiger partial charge in [0.05, 0.1) is 16.8 Å². The first kappa shape index (κ1) is 20.2. The minimum absolute atomic E-state index is 0.282. The lowest BCUT2D eigenvalue weighted by molar-refractivity contribution is 0.600. The van der Waals surface area contributed by atoms with Crippen molar-refractivity contribution in [3.8, 4) is 0 Å². The third-order valence-corrected chi connectivity index (χ3v) is 6.68. The molecule has 1 aromatic heterocycles. The summed E-state index contributed by atoms with van der Waals surface area (Å²) in [5.74, 6) is 0.656. The first-order chi connectivity index (χ1) is 14.4. The summed E-state index contributed by atoms with van der Waals surface area (Å²) < 4.78 is 28.1. The van der Waals surface area contributed by atoms with Gasteiger partial charge in [-0.1, -0.05) is 17.7 Å². The van der Waals surface area contributed by atoms with Crippen molar-refractivity contribution in [1.29, 1.82) is 0 Å². The Kier molecular flexibility index (Phi) is 5.59. The average Bonchev–Trinajstić information content (AvgIpc) is 3.24. The van der Waals surface area contributed by atoms with Crippen molar-refractivity contribution in [2.24, 2.45) is 0 Å². The van der Waals surface area contributed by atoms with Gasteiger partial charge in [0.15, 0.2) is 5.82 Å². The Balaban J connectivity index is 1.46. The van der Waals surface area contributed by atoms with E-state index >= 15 is 0 Å². The number of hydrogen-bond donors (Lipinski definition) is 2. The number of sulfonamides is 1. The van der Waals surface area contributed by atoms with Gasteiger partial charge < -0.3 is 10.2 Å². The largest absolute Gasteiger partial charge is 0.370 e. The molecule has 0 amide bonds. The molecule has 7 nitrogen and oxygen atoms in total. The van der Waals surface area contributed by atoms with Gasteiger partial charge in [0.1, 0.15) is 0 Å². The molecule has 30 heavy (non-hydrogen) atoms. The Hall–Kier alpha value is -3.13. The molecule has 4 rings (SSSR count). The van der Waals surface area contributed by atoms with E-state index in [1.165, 1.54) is 12.8 Å². The van der Waals surface area contributed by atoms with Gasteiger partial charge in [-0.2, -0.15) is 5.10 Å². The van der Waals surface area contributed by atoms with E-state index < -0.39 is 10.0 Å². The van der Waals surface area contributed by atoms with Crippen LogP contribution >= 0.6 is 0 Å². The number of benzene rings is 2. The summed E-state index contributed by atoms with van der Waals surface area (Å²) >= 11 is 0. The van der Waals surface area contributed by atoms with Crippen LogP contribution in [0.4, 0.5) is 22.9 Å². The zero-order valence-corrected chi connectivity index (χ0v) is 17.9. The summed E-state index contributed by atoms with van der Waals surface area (Å²) in [6.07, 6.45) is 4.18. The van der Waals surface area contributed by atoms with E-state index in [1.807, 2.05) is 31.2 Å². The second-order valence-electron chi connectivity index (χ2n) is 7.57. The van der Waals surface area contributed by atoms with Crippen molar-refractivity contribution in [3.63, 3.8) is 0 Å². The highest BCUT2D eigenvalue weighted by atomic mass is 32.2. The van der Waals surface area contributed by atoms with Crippen LogP contribution in [0, 0.1) is 13.8 Å². The number of hydrogen-bond acceptors (Lipinski definition) is 6. The van der Waals surface area contributed by atoms with Crippen molar-refractivity contribution in [2.45, 2.75) is 31.6 Å². The summed E-state index contributed by atoms with van der Waals surface area (Å²) in [5.41, 5.74) is 4.11. The van der Waals surface area contributed by atoms with Gasteiger partial charge in [0.25, 0.3) is 10.0 Å². The molecule has 0 bridgehead atoms. The molecule has 0 aliphatic carbocycles. The standard InChI is InChI=1S/C22H25N5O2S/c1-16-5-10-21(17(2)13-16)30(28,29)26-19-8-6-18(7-9-19)24-22-14-20(15-23-25-22)27-11-3-4-12-27/h5-10,13-15,26H,3-4,11-12H2,1-2H3,(H,24,25). The van der Waals surface area contributed by atoms with Gasteiger partial charge >= 0.3 is 0 Å². The van der Waals surface area contributed by atoms with E-state index in [1.54, 1.807) is 37.4 Å². The van der Waals surface area contributed by atoms with Gasteiger partial charge in [-0.05, 0) is 62.6 Å². The molecule has 3 aromatic rings. The monoisotopic (exact) mass is 423 g/mol. The van der Waals surface area contributed by atoms with Gasteiger partial charge in [-0.25, -0.2) is 8.42 Å². The van der Waals surface area contributed by atoms with Crippen LogP contribution in [0.1, 0.15) is 24.0 Å². The molecule has 156 valence electrons. The topological polar surface area (TPSA) is 87.2 Å². The minimum atomic E-state index is -3.65. The molecule has 2 aromatic carbocycles. The molecule has 1 aliphatic heterocycles. The number of aromatic nitrogens is 2. The smallest absolute Gasteiger partial charge is 0.262 e. The molecule has 0 radical (unpaired) electrons. The fourth-order valence-corrected chi connectivity index (χ4v) is 4.93. The molecule has 2 N–H and O–H groups in total. The lowest BCUT2D eigenvalue weighted by Crippen LogP contribution is -2.18. The van der Waals surface area contributed by atoms with E-state index in [2.05, 4.69) is 25.1 Å². The lowest BCUT2D eigenvalue weighted by Gasteiger charge is -2.17. The highest BCUT2D eigenvalue weighted by Crippen LogP contribution is 2.25. The van der Waals surface area contributed by atoms with Gasteiger partial charge in [-0.15, -0.1) is 5.10 Å². The Labute approximate surface area is 177 Å². The number of nitrogens with zero attached hydrogens (tertiary/aromatic N) is 3. The summed E-state index contributed by atoms with van der Waals surface area (Å²) in [4.78, 5) is 2.58. The maximum Gasteiger partial charge on any atom is 0.262 e. The maximum absolute atomic E-state index is 12.7. The number of rotatable bonds is 6.